The summed E-state index contributed by atoms with van der Waals surface area (Å²) in [4.78, 5) is 12.9. The second kappa shape index (κ2) is 9.57. The molecule has 0 aromatic heterocycles. The molecule has 0 heterocycles. The van der Waals surface area contributed by atoms with Crippen molar-refractivity contribution in [3.8, 4) is 23.0 Å². The minimum atomic E-state index is -3.61. The first-order valence-electron chi connectivity index (χ1n) is 8.85. The molecule has 30 heavy (non-hydrogen) atoms. The number of anilines is 1. The Balaban J connectivity index is 2.38. The number of carbonyl (C=O) groups excluding carboxylic acids is 1. The molecule has 0 bridgehead atoms. The van der Waals surface area contributed by atoms with Crippen LogP contribution < -0.4 is 28.6 Å². The largest absolute Gasteiger partial charge is 0.493 e. The van der Waals surface area contributed by atoms with E-state index in [2.05, 4.69) is 5.32 Å². The molecule has 10 heteroatoms. The number of amides is 1. The van der Waals surface area contributed by atoms with Crippen molar-refractivity contribution in [3.63, 3.8) is 0 Å². The van der Waals surface area contributed by atoms with E-state index in [0.717, 1.165) is 16.1 Å². The first-order valence-corrected chi connectivity index (χ1v) is 10.7. The van der Waals surface area contributed by atoms with Crippen molar-refractivity contribution in [1.82, 2.24) is 5.32 Å². The quantitative estimate of drug-likeness (QED) is 0.639. The van der Waals surface area contributed by atoms with E-state index in [0.29, 0.717) is 23.0 Å². The van der Waals surface area contributed by atoms with Crippen molar-refractivity contribution in [1.29, 1.82) is 0 Å². The lowest BCUT2D eigenvalue weighted by atomic mass is 10.1. The Bertz CT molecular complexity index is 1020. The Morgan fingerprint density at radius 1 is 0.900 bits per heavy atom. The summed E-state index contributed by atoms with van der Waals surface area (Å²) in [6, 6.07) is 8.17. The Hall–Kier alpha value is -3.14. The lowest BCUT2D eigenvalue weighted by Crippen LogP contribution is -2.30. The maximum Gasteiger partial charge on any atom is 0.253 e. The van der Waals surface area contributed by atoms with Gasteiger partial charge in [-0.15, -0.1) is 0 Å². The predicted octanol–water partition coefficient (Wildman–Crippen LogP) is 2.05. The van der Waals surface area contributed by atoms with Crippen LogP contribution in [0, 0.1) is 0 Å². The molecule has 0 aliphatic heterocycles. The molecule has 2 rings (SSSR count). The highest BCUT2D eigenvalue weighted by molar-refractivity contribution is 7.92. The maximum absolute atomic E-state index is 12.9. The topological polar surface area (TPSA) is 103 Å². The van der Waals surface area contributed by atoms with Crippen LogP contribution in [0.3, 0.4) is 0 Å². The van der Waals surface area contributed by atoms with Gasteiger partial charge >= 0.3 is 0 Å². The SMILES string of the molecule is COc1ccc(CNC(=O)c2cc(OC)c(OC)cc2N(C)S(C)(=O)=O)cc1OC. The van der Waals surface area contributed by atoms with E-state index in [-0.39, 0.29) is 17.8 Å². The van der Waals surface area contributed by atoms with Gasteiger partial charge in [0.15, 0.2) is 23.0 Å². The Labute approximate surface area is 176 Å². The van der Waals surface area contributed by atoms with E-state index >= 15 is 0 Å². The fourth-order valence-corrected chi connectivity index (χ4v) is 3.27. The summed E-state index contributed by atoms with van der Waals surface area (Å²) >= 11 is 0. The number of benzene rings is 2. The summed E-state index contributed by atoms with van der Waals surface area (Å²) in [7, 11) is 3.67. The van der Waals surface area contributed by atoms with Gasteiger partial charge in [0, 0.05) is 19.7 Å². The summed E-state index contributed by atoms with van der Waals surface area (Å²) in [6.45, 7) is 0.190. The normalized spacial score (nSPS) is 10.9. The molecule has 0 unspecified atom stereocenters. The molecule has 0 saturated heterocycles. The van der Waals surface area contributed by atoms with Crippen molar-refractivity contribution in [2.24, 2.45) is 0 Å². The fraction of sp³-hybridized carbons (Fsp3) is 0.350. The van der Waals surface area contributed by atoms with E-state index in [1.54, 1.807) is 18.2 Å². The van der Waals surface area contributed by atoms with Gasteiger partial charge in [-0.05, 0) is 23.8 Å². The number of carbonyl (C=O) groups is 1. The van der Waals surface area contributed by atoms with Gasteiger partial charge in [-0.25, -0.2) is 8.42 Å². The van der Waals surface area contributed by atoms with Crippen LogP contribution in [-0.4, -0.2) is 56.1 Å². The highest BCUT2D eigenvalue weighted by atomic mass is 32.2. The number of nitrogens with zero attached hydrogens (tertiary/aromatic N) is 1. The van der Waals surface area contributed by atoms with Crippen molar-refractivity contribution < 1.29 is 32.2 Å². The van der Waals surface area contributed by atoms with Crippen molar-refractivity contribution in [3.05, 3.63) is 41.5 Å². The molecular formula is C20H26N2O7S. The number of methoxy groups -OCH3 is 4. The highest BCUT2D eigenvalue weighted by Crippen LogP contribution is 2.35. The lowest BCUT2D eigenvalue weighted by molar-refractivity contribution is 0.0951. The van der Waals surface area contributed by atoms with Gasteiger partial charge in [0.25, 0.3) is 5.91 Å². The number of sulfonamides is 1. The molecule has 0 aliphatic carbocycles. The van der Waals surface area contributed by atoms with Gasteiger partial charge in [0.2, 0.25) is 10.0 Å². The summed E-state index contributed by atoms with van der Waals surface area (Å²) in [5, 5.41) is 2.79. The third-order valence-electron chi connectivity index (χ3n) is 4.48. The van der Waals surface area contributed by atoms with Crippen LogP contribution in [0.5, 0.6) is 23.0 Å². The third-order valence-corrected chi connectivity index (χ3v) is 5.68. The van der Waals surface area contributed by atoms with E-state index in [1.165, 1.54) is 47.6 Å². The first-order chi connectivity index (χ1) is 14.2. The molecule has 1 amide bonds. The zero-order valence-electron chi connectivity index (χ0n) is 17.8. The van der Waals surface area contributed by atoms with Gasteiger partial charge in [-0.2, -0.15) is 0 Å². The summed E-state index contributed by atoms with van der Waals surface area (Å²) in [6.07, 6.45) is 1.05. The fourth-order valence-electron chi connectivity index (χ4n) is 2.76. The van der Waals surface area contributed by atoms with Crippen LogP contribution in [0.25, 0.3) is 0 Å². The van der Waals surface area contributed by atoms with Gasteiger partial charge in [-0.1, -0.05) is 6.07 Å². The molecule has 164 valence electrons. The Kier molecular flexibility index (Phi) is 7.38. The second-order valence-corrected chi connectivity index (χ2v) is 8.34. The molecule has 2 aromatic rings. The zero-order chi connectivity index (χ0) is 22.5. The predicted molar refractivity (Wildman–Crippen MR) is 114 cm³/mol. The second-order valence-electron chi connectivity index (χ2n) is 6.33. The molecule has 0 atom stereocenters. The number of hydrogen-bond acceptors (Lipinski definition) is 7. The van der Waals surface area contributed by atoms with Crippen molar-refractivity contribution in [2.75, 3.05) is 46.0 Å². The summed E-state index contributed by atoms with van der Waals surface area (Å²) < 4.78 is 46.1. The smallest absolute Gasteiger partial charge is 0.253 e. The lowest BCUT2D eigenvalue weighted by Gasteiger charge is -2.22. The summed E-state index contributed by atoms with van der Waals surface area (Å²) in [5.41, 5.74) is 1.07. The first kappa shape index (κ1) is 23.1. The van der Waals surface area contributed by atoms with Gasteiger partial charge in [0.1, 0.15) is 0 Å². The van der Waals surface area contributed by atoms with E-state index in [9.17, 15) is 13.2 Å². The molecule has 0 radical (unpaired) electrons. The summed E-state index contributed by atoms with van der Waals surface area (Å²) in [5.74, 6) is 1.24. The van der Waals surface area contributed by atoms with Crippen LogP contribution in [0.4, 0.5) is 5.69 Å². The van der Waals surface area contributed by atoms with Crippen molar-refractivity contribution >= 4 is 21.6 Å². The van der Waals surface area contributed by atoms with Gasteiger partial charge < -0.3 is 24.3 Å². The zero-order valence-corrected chi connectivity index (χ0v) is 18.6. The van der Waals surface area contributed by atoms with Crippen LogP contribution in [0.15, 0.2) is 30.3 Å². The molecule has 0 saturated carbocycles. The highest BCUT2D eigenvalue weighted by Gasteiger charge is 2.23. The maximum atomic E-state index is 12.9. The third kappa shape index (κ3) is 5.07. The molecule has 0 aliphatic rings. The van der Waals surface area contributed by atoms with Crippen molar-refractivity contribution in [2.45, 2.75) is 6.54 Å². The average Bonchev–Trinajstić information content (AvgIpc) is 2.74. The van der Waals surface area contributed by atoms with E-state index < -0.39 is 15.9 Å². The standard InChI is InChI=1S/C20H26N2O7S/c1-22(30(6,24)25)15-11-19(29-5)18(28-4)10-14(15)20(23)21-12-13-7-8-16(26-2)17(9-13)27-3/h7-11H,12H2,1-6H3,(H,21,23). The van der Waals surface area contributed by atoms with Gasteiger partial charge in [-0.3, -0.25) is 9.10 Å². The minimum absolute atomic E-state index is 0.126. The molecule has 0 spiro atoms. The molecular weight excluding hydrogens is 412 g/mol. The van der Waals surface area contributed by atoms with E-state index in [4.69, 9.17) is 18.9 Å². The van der Waals surface area contributed by atoms with E-state index in [1.807, 2.05) is 0 Å². The number of nitrogens with one attached hydrogen (secondary N) is 1. The van der Waals surface area contributed by atoms with Crippen LogP contribution in [0.1, 0.15) is 15.9 Å². The average molecular weight is 439 g/mol. The van der Waals surface area contributed by atoms with Gasteiger partial charge in [0.05, 0.1) is 45.9 Å². The Morgan fingerprint density at radius 3 is 1.97 bits per heavy atom. The monoisotopic (exact) mass is 438 g/mol. The number of ether oxygens (including phenoxy) is 4. The molecule has 2 aromatic carbocycles. The molecule has 0 fully saturated rings. The minimum Gasteiger partial charge on any atom is -0.493 e. The Morgan fingerprint density at radius 2 is 1.43 bits per heavy atom. The van der Waals surface area contributed by atoms with Crippen LogP contribution in [-0.2, 0) is 16.6 Å². The number of rotatable bonds is 9. The molecule has 1 N–H and O–H groups in total. The van der Waals surface area contributed by atoms with Crippen LogP contribution >= 0.6 is 0 Å². The van der Waals surface area contributed by atoms with Crippen LogP contribution in [0.2, 0.25) is 0 Å². The molecule has 9 nitrogen and oxygen atoms in total. The number of hydrogen-bond donors (Lipinski definition) is 1.